The SMILES string of the molecule is Cc1ccc(SCC(=O)N2CCCC(CO)C2)cc1. The third-order valence-electron chi connectivity index (χ3n) is 3.51. The van der Waals surface area contributed by atoms with Crippen LogP contribution in [0.1, 0.15) is 18.4 Å². The van der Waals surface area contributed by atoms with Gasteiger partial charge in [0.15, 0.2) is 0 Å². The van der Waals surface area contributed by atoms with E-state index in [0.717, 1.165) is 24.3 Å². The van der Waals surface area contributed by atoms with Gasteiger partial charge in [-0.15, -0.1) is 11.8 Å². The Labute approximate surface area is 119 Å². The predicted octanol–water partition coefficient (Wildman–Crippen LogP) is 2.32. The molecule has 1 amide bonds. The van der Waals surface area contributed by atoms with Crippen LogP contribution in [0.5, 0.6) is 0 Å². The first-order valence-electron chi connectivity index (χ1n) is 6.77. The summed E-state index contributed by atoms with van der Waals surface area (Å²) in [7, 11) is 0. The van der Waals surface area contributed by atoms with E-state index in [1.54, 1.807) is 11.8 Å². The van der Waals surface area contributed by atoms with Gasteiger partial charge in [-0.3, -0.25) is 4.79 Å². The van der Waals surface area contributed by atoms with E-state index in [4.69, 9.17) is 0 Å². The molecule has 3 nitrogen and oxygen atoms in total. The normalized spacial score (nSPS) is 19.5. The van der Waals surface area contributed by atoms with Crippen molar-refractivity contribution in [1.82, 2.24) is 4.90 Å². The molecular formula is C15H21NO2S. The average molecular weight is 279 g/mol. The van der Waals surface area contributed by atoms with Gasteiger partial charge in [-0.25, -0.2) is 0 Å². The summed E-state index contributed by atoms with van der Waals surface area (Å²) in [5.41, 5.74) is 1.23. The molecule has 1 aliphatic heterocycles. The van der Waals surface area contributed by atoms with Crippen LogP contribution < -0.4 is 0 Å². The van der Waals surface area contributed by atoms with Crippen LogP contribution in [0.15, 0.2) is 29.2 Å². The van der Waals surface area contributed by atoms with Gasteiger partial charge >= 0.3 is 0 Å². The zero-order valence-corrected chi connectivity index (χ0v) is 12.2. The second kappa shape index (κ2) is 6.96. The lowest BCUT2D eigenvalue weighted by Crippen LogP contribution is -2.41. The molecular weight excluding hydrogens is 258 g/mol. The highest BCUT2D eigenvalue weighted by molar-refractivity contribution is 8.00. The topological polar surface area (TPSA) is 40.5 Å². The Morgan fingerprint density at radius 2 is 2.16 bits per heavy atom. The van der Waals surface area contributed by atoms with Crippen LogP contribution >= 0.6 is 11.8 Å². The minimum atomic E-state index is 0.184. The van der Waals surface area contributed by atoms with Gasteiger partial charge in [-0.05, 0) is 37.8 Å². The van der Waals surface area contributed by atoms with E-state index in [1.165, 1.54) is 5.56 Å². The fraction of sp³-hybridized carbons (Fsp3) is 0.533. The molecule has 1 heterocycles. The molecule has 1 aliphatic rings. The first-order valence-corrected chi connectivity index (χ1v) is 7.75. The van der Waals surface area contributed by atoms with Crippen molar-refractivity contribution in [2.45, 2.75) is 24.7 Å². The lowest BCUT2D eigenvalue weighted by atomic mass is 9.99. The Kier molecular flexibility index (Phi) is 5.28. The van der Waals surface area contributed by atoms with Crippen molar-refractivity contribution in [2.24, 2.45) is 5.92 Å². The van der Waals surface area contributed by atoms with Crippen LogP contribution in [0.25, 0.3) is 0 Å². The van der Waals surface area contributed by atoms with Crippen LogP contribution in [0.2, 0.25) is 0 Å². The van der Waals surface area contributed by atoms with Gasteiger partial charge in [-0.1, -0.05) is 17.7 Å². The maximum atomic E-state index is 12.1. The lowest BCUT2D eigenvalue weighted by molar-refractivity contribution is -0.130. The van der Waals surface area contributed by atoms with E-state index < -0.39 is 0 Å². The Balaban J connectivity index is 1.82. The molecule has 1 N–H and O–H groups in total. The number of carbonyl (C=O) groups excluding carboxylic acids is 1. The van der Waals surface area contributed by atoms with E-state index in [1.807, 2.05) is 4.90 Å². The van der Waals surface area contributed by atoms with Gasteiger partial charge in [0.2, 0.25) is 5.91 Å². The molecule has 4 heteroatoms. The number of amides is 1. The van der Waals surface area contributed by atoms with E-state index in [9.17, 15) is 9.90 Å². The lowest BCUT2D eigenvalue weighted by Gasteiger charge is -2.31. The number of nitrogens with zero attached hydrogens (tertiary/aromatic N) is 1. The highest BCUT2D eigenvalue weighted by Crippen LogP contribution is 2.21. The number of piperidine rings is 1. The molecule has 104 valence electrons. The summed E-state index contributed by atoms with van der Waals surface area (Å²) in [6.45, 7) is 3.80. The van der Waals surface area contributed by atoms with Crippen molar-refractivity contribution in [3.63, 3.8) is 0 Å². The molecule has 1 fully saturated rings. The van der Waals surface area contributed by atoms with Crippen molar-refractivity contribution < 1.29 is 9.90 Å². The van der Waals surface area contributed by atoms with Crippen molar-refractivity contribution in [2.75, 3.05) is 25.4 Å². The minimum Gasteiger partial charge on any atom is -0.396 e. The molecule has 0 spiro atoms. The predicted molar refractivity (Wildman–Crippen MR) is 78.3 cm³/mol. The fourth-order valence-electron chi connectivity index (χ4n) is 2.31. The maximum absolute atomic E-state index is 12.1. The average Bonchev–Trinajstić information content (AvgIpc) is 2.46. The van der Waals surface area contributed by atoms with Crippen LogP contribution in [0.4, 0.5) is 0 Å². The molecule has 1 atom stereocenters. The molecule has 1 aromatic rings. The van der Waals surface area contributed by atoms with Crippen molar-refractivity contribution in [3.8, 4) is 0 Å². The van der Waals surface area contributed by atoms with Gasteiger partial charge in [0.25, 0.3) is 0 Å². The first kappa shape index (κ1) is 14.4. The zero-order chi connectivity index (χ0) is 13.7. The number of benzene rings is 1. The molecule has 1 aromatic carbocycles. The Morgan fingerprint density at radius 3 is 2.84 bits per heavy atom. The molecule has 0 saturated carbocycles. The van der Waals surface area contributed by atoms with Gasteiger partial charge in [-0.2, -0.15) is 0 Å². The van der Waals surface area contributed by atoms with E-state index in [2.05, 4.69) is 31.2 Å². The first-order chi connectivity index (χ1) is 9.19. The van der Waals surface area contributed by atoms with Crippen LogP contribution in [0, 0.1) is 12.8 Å². The maximum Gasteiger partial charge on any atom is 0.232 e. The largest absolute Gasteiger partial charge is 0.396 e. The third-order valence-corrected chi connectivity index (χ3v) is 4.51. The third kappa shape index (κ3) is 4.25. The number of hydrogen-bond donors (Lipinski definition) is 1. The van der Waals surface area contributed by atoms with Crippen molar-refractivity contribution in [3.05, 3.63) is 29.8 Å². The van der Waals surface area contributed by atoms with Gasteiger partial charge in [0.1, 0.15) is 0 Å². The molecule has 1 saturated heterocycles. The summed E-state index contributed by atoms with van der Waals surface area (Å²) < 4.78 is 0. The summed E-state index contributed by atoms with van der Waals surface area (Å²) in [6, 6.07) is 8.24. The summed E-state index contributed by atoms with van der Waals surface area (Å²) in [5, 5.41) is 9.18. The van der Waals surface area contributed by atoms with E-state index in [-0.39, 0.29) is 18.4 Å². The molecule has 0 aliphatic carbocycles. The van der Waals surface area contributed by atoms with Crippen LogP contribution in [-0.4, -0.2) is 41.4 Å². The smallest absolute Gasteiger partial charge is 0.232 e. The number of aryl methyl sites for hydroxylation is 1. The quantitative estimate of drug-likeness (QED) is 0.860. The van der Waals surface area contributed by atoms with Gasteiger partial charge in [0.05, 0.1) is 5.75 Å². The number of likely N-dealkylation sites (tertiary alicyclic amines) is 1. The highest BCUT2D eigenvalue weighted by Gasteiger charge is 2.22. The van der Waals surface area contributed by atoms with Gasteiger partial charge in [0, 0.05) is 24.6 Å². The van der Waals surface area contributed by atoms with Crippen molar-refractivity contribution in [1.29, 1.82) is 0 Å². The number of rotatable bonds is 4. The Hall–Kier alpha value is -1.00. The summed E-state index contributed by atoms with van der Waals surface area (Å²) in [5.74, 6) is 0.937. The number of hydrogen-bond acceptors (Lipinski definition) is 3. The molecule has 2 rings (SSSR count). The molecule has 0 radical (unpaired) electrons. The fourth-order valence-corrected chi connectivity index (χ4v) is 3.11. The second-order valence-corrected chi connectivity index (χ2v) is 6.18. The molecule has 19 heavy (non-hydrogen) atoms. The Morgan fingerprint density at radius 1 is 1.42 bits per heavy atom. The Bertz CT molecular complexity index is 419. The number of carbonyl (C=O) groups is 1. The molecule has 0 aromatic heterocycles. The van der Waals surface area contributed by atoms with Gasteiger partial charge < -0.3 is 10.0 Å². The van der Waals surface area contributed by atoms with E-state index in [0.29, 0.717) is 12.3 Å². The van der Waals surface area contributed by atoms with Crippen molar-refractivity contribution >= 4 is 17.7 Å². The number of aliphatic hydroxyl groups is 1. The summed E-state index contributed by atoms with van der Waals surface area (Å²) >= 11 is 1.59. The summed E-state index contributed by atoms with van der Waals surface area (Å²) in [4.78, 5) is 15.2. The highest BCUT2D eigenvalue weighted by atomic mass is 32.2. The van der Waals surface area contributed by atoms with Crippen LogP contribution in [0.3, 0.4) is 0 Å². The summed E-state index contributed by atoms with van der Waals surface area (Å²) in [6.07, 6.45) is 2.04. The standard InChI is InChI=1S/C15H21NO2S/c1-12-4-6-14(7-5-12)19-11-15(18)16-8-2-3-13(9-16)10-17/h4-7,13,17H,2-3,8-11H2,1H3. The van der Waals surface area contributed by atoms with Crippen LogP contribution in [-0.2, 0) is 4.79 Å². The second-order valence-electron chi connectivity index (χ2n) is 5.13. The number of thioether (sulfide) groups is 1. The molecule has 0 bridgehead atoms. The monoisotopic (exact) mass is 279 g/mol. The zero-order valence-electron chi connectivity index (χ0n) is 11.3. The minimum absolute atomic E-state index is 0.184. The van der Waals surface area contributed by atoms with E-state index >= 15 is 0 Å². The number of aliphatic hydroxyl groups excluding tert-OH is 1. The molecule has 1 unspecified atom stereocenters.